The molecule has 0 fully saturated rings. The van der Waals surface area contributed by atoms with E-state index in [-0.39, 0.29) is 11.4 Å². The largest absolute Gasteiger partial charge is 0.497 e. The van der Waals surface area contributed by atoms with Gasteiger partial charge >= 0.3 is 0 Å². The number of carbonyl (C=O) groups is 1. The number of anilines is 1. The molecule has 7 nitrogen and oxygen atoms in total. The molecule has 1 amide bonds. The van der Waals surface area contributed by atoms with Crippen LogP contribution in [0.3, 0.4) is 0 Å². The third-order valence-electron chi connectivity index (χ3n) is 4.73. The molecule has 0 spiro atoms. The summed E-state index contributed by atoms with van der Waals surface area (Å²) in [5, 5.41) is 3.63. The van der Waals surface area contributed by atoms with E-state index >= 15 is 0 Å². The molecule has 0 aliphatic heterocycles. The van der Waals surface area contributed by atoms with E-state index in [1.165, 1.54) is 38.5 Å². The van der Waals surface area contributed by atoms with Crippen LogP contribution in [0.15, 0.2) is 71.6 Å². The fourth-order valence-corrected chi connectivity index (χ4v) is 4.66. The van der Waals surface area contributed by atoms with Crippen molar-refractivity contribution >= 4 is 44.8 Å². The van der Waals surface area contributed by atoms with Crippen molar-refractivity contribution in [2.24, 2.45) is 0 Å². The lowest BCUT2D eigenvalue weighted by Gasteiger charge is -2.22. The fraction of sp³-hybridized carbons (Fsp3) is 0.174. The standard InChI is InChI=1S/C23H22Cl2N2O5S/c1-31-19-9-12-21(22(13-19)32-2)26-23(28)15-27(14-16-3-5-17(24)6-4-16)33(29,30)20-10-7-18(25)8-11-20/h3-13H,14-15H2,1-2H3,(H,26,28). The first kappa shape index (κ1) is 24.9. The van der Waals surface area contributed by atoms with Crippen molar-refractivity contribution in [2.75, 3.05) is 26.1 Å². The number of carbonyl (C=O) groups excluding carboxylic acids is 1. The first-order valence-electron chi connectivity index (χ1n) is 9.75. The van der Waals surface area contributed by atoms with Crippen LogP contribution in [-0.4, -0.2) is 39.4 Å². The molecule has 0 aliphatic carbocycles. The molecule has 0 radical (unpaired) electrons. The SMILES string of the molecule is COc1ccc(NC(=O)CN(Cc2ccc(Cl)cc2)S(=O)(=O)c2ccc(Cl)cc2)c(OC)c1. The number of amides is 1. The van der Waals surface area contributed by atoms with E-state index in [4.69, 9.17) is 32.7 Å². The van der Waals surface area contributed by atoms with Gasteiger partial charge in [-0.1, -0.05) is 35.3 Å². The van der Waals surface area contributed by atoms with E-state index in [0.717, 1.165) is 4.31 Å². The number of benzene rings is 3. The number of nitrogens with one attached hydrogen (secondary N) is 1. The molecule has 0 heterocycles. The molecule has 0 unspecified atom stereocenters. The lowest BCUT2D eigenvalue weighted by molar-refractivity contribution is -0.116. The summed E-state index contributed by atoms with van der Waals surface area (Å²) in [5.74, 6) is 0.400. The van der Waals surface area contributed by atoms with Crippen LogP contribution in [0.25, 0.3) is 0 Å². The molecule has 0 aromatic heterocycles. The molecule has 0 saturated heterocycles. The quantitative estimate of drug-likeness (QED) is 0.446. The van der Waals surface area contributed by atoms with Gasteiger partial charge in [-0.2, -0.15) is 4.31 Å². The van der Waals surface area contributed by atoms with Gasteiger partial charge in [0.1, 0.15) is 11.5 Å². The van der Waals surface area contributed by atoms with Crippen LogP contribution < -0.4 is 14.8 Å². The summed E-state index contributed by atoms with van der Waals surface area (Å²) >= 11 is 11.8. The number of ether oxygens (including phenoxy) is 2. The average Bonchev–Trinajstić information content (AvgIpc) is 2.80. The third-order valence-corrected chi connectivity index (χ3v) is 7.04. The molecule has 0 atom stereocenters. The summed E-state index contributed by atoms with van der Waals surface area (Å²) in [5.41, 5.74) is 1.06. The second-order valence-corrected chi connectivity index (χ2v) is 9.78. The Morgan fingerprint density at radius 2 is 1.52 bits per heavy atom. The zero-order chi connectivity index (χ0) is 24.0. The van der Waals surface area contributed by atoms with Gasteiger partial charge in [-0.15, -0.1) is 0 Å². The van der Waals surface area contributed by atoms with Crippen molar-refractivity contribution < 1.29 is 22.7 Å². The minimum Gasteiger partial charge on any atom is -0.497 e. The Bertz CT molecular complexity index is 1220. The molecule has 3 aromatic rings. The topological polar surface area (TPSA) is 84.9 Å². The number of hydrogen-bond acceptors (Lipinski definition) is 5. The van der Waals surface area contributed by atoms with Crippen molar-refractivity contribution in [1.82, 2.24) is 4.31 Å². The van der Waals surface area contributed by atoms with Crippen LogP contribution in [0.2, 0.25) is 10.0 Å². The highest BCUT2D eigenvalue weighted by atomic mass is 35.5. The Balaban J connectivity index is 1.88. The molecule has 10 heteroatoms. The highest BCUT2D eigenvalue weighted by molar-refractivity contribution is 7.89. The van der Waals surface area contributed by atoms with Crippen LogP contribution in [-0.2, 0) is 21.4 Å². The third kappa shape index (κ3) is 6.39. The first-order chi connectivity index (χ1) is 15.7. The summed E-state index contributed by atoms with van der Waals surface area (Å²) in [4.78, 5) is 12.9. The fourth-order valence-electron chi connectivity index (χ4n) is 3.03. The van der Waals surface area contributed by atoms with E-state index in [2.05, 4.69) is 5.32 Å². The summed E-state index contributed by atoms with van der Waals surface area (Å²) in [6.07, 6.45) is 0. The van der Waals surface area contributed by atoms with Gasteiger partial charge in [0.15, 0.2) is 0 Å². The van der Waals surface area contributed by atoms with Crippen LogP contribution in [0.5, 0.6) is 11.5 Å². The molecular weight excluding hydrogens is 487 g/mol. The maximum atomic E-state index is 13.3. The van der Waals surface area contributed by atoms with Crippen molar-refractivity contribution in [2.45, 2.75) is 11.4 Å². The second-order valence-electron chi connectivity index (χ2n) is 6.97. The van der Waals surface area contributed by atoms with Gasteiger partial charge in [-0.3, -0.25) is 4.79 Å². The van der Waals surface area contributed by atoms with E-state index in [1.807, 2.05) is 0 Å². The van der Waals surface area contributed by atoms with Crippen LogP contribution >= 0.6 is 23.2 Å². The van der Waals surface area contributed by atoms with Crippen LogP contribution in [0.1, 0.15) is 5.56 Å². The van der Waals surface area contributed by atoms with Gasteiger partial charge in [0.2, 0.25) is 15.9 Å². The van der Waals surface area contributed by atoms with Gasteiger partial charge in [-0.25, -0.2) is 8.42 Å². The number of nitrogens with zero attached hydrogens (tertiary/aromatic N) is 1. The molecule has 0 aliphatic rings. The zero-order valence-electron chi connectivity index (χ0n) is 17.9. The van der Waals surface area contributed by atoms with Crippen molar-refractivity contribution in [3.8, 4) is 11.5 Å². The minimum atomic E-state index is -4.01. The summed E-state index contributed by atoms with van der Waals surface area (Å²) in [6, 6.07) is 17.4. The zero-order valence-corrected chi connectivity index (χ0v) is 20.2. The second kappa shape index (κ2) is 10.9. The maximum Gasteiger partial charge on any atom is 0.243 e. The van der Waals surface area contributed by atoms with Crippen molar-refractivity contribution in [1.29, 1.82) is 0 Å². The van der Waals surface area contributed by atoms with Gasteiger partial charge < -0.3 is 14.8 Å². The summed E-state index contributed by atoms with van der Waals surface area (Å²) < 4.78 is 38.2. The molecule has 3 aromatic carbocycles. The monoisotopic (exact) mass is 508 g/mol. The van der Waals surface area contributed by atoms with Gasteiger partial charge in [0, 0.05) is 22.7 Å². The molecule has 33 heavy (non-hydrogen) atoms. The summed E-state index contributed by atoms with van der Waals surface area (Å²) in [7, 11) is -1.03. The normalized spacial score (nSPS) is 11.3. The number of hydrogen-bond donors (Lipinski definition) is 1. The summed E-state index contributed by atoms with van der Waals surface area (Å²) in [6.45, 7) is -0.460. The van der Waals surface area contributed by atoms with E-state index in [1.54, 1.807) is 42.5 Å². The van der Waals surface area contributed by atoms with Gasteiger partial charge in [-0.05, 0) is 54.1 Å². The van der Waals surface area contributed by atoms with Crippen LogP contribution in [0, 0.1) is 0 Å². The number of methoxy groups -OCH3 is 2. The number of sulfonamides is 1. The minimum absolute atomic E-state index is 0.0238. The van der Waals surface area contributed by atoms with Gasteiger partial charge in [0.25, 0.3) is 0 Å². The molecular formula is C23H22Cl2N2O5S. The van der Waals surface area contributed by atoms with E-state index < -0.39 is 22.5 Å². The van der Waals surface area contributed by atoms with Gasteiger partial charge in [0.05, 0.1) is 31.3 Å². The van der Waals surface area contributed by atoms with E-state index in [9.17, 15) is 13.2 Å². The van der Waals surface area contributed by atoms with Crippen molar-refractivity contribution in [3.63, 3.8) is 0 Å². The molecule has 3 rings (SSSR count). The predicted molar refractivity (Wildman–Crippen MR) is 129 cm³/mol. The number of halogens is 2. The highest BCUT2D eigenvalue weighted by Crippen LogP contribution is 2.29. The first-order valence-corrected chi connectivity index (χ1v) is 11.9. The number of rotatable bonds is 9. The lowest BCUT2D eigenvalue weighted by Crippen LogP contribution is -2.37. The predicted octanol–water partition coefficient (Wildman–Crippen LogP) is 4.84. The smallest absolute Gasteiger partial charge is 0.243 e. The Labute approximate surface area is 202 Å². The highest BCUT2D eigenvalue weighted by Gasteiger charge is 2.27. The maximum absolute atomic E-state index is 13.3. The molecule has 0 saturated carbocycles. The lowest BCUT2D eigenvalue weighted by atomic mass is 10.2. The Morgan fingerprint density at radius 3 is 2.09 bits per heavy atom. The van der Waals surface area contributed by atoms with Crippen molar-refractivity contribution in [3.05, 3.63) is 82.3 Å². The molecule has 1 N–H and O–H groups in total. The van der Waals surface area contributed by atoms with E-state index in [0.29, 0.717) is 32.8 Å². The Kier molecular flexibility index (Phi) is 8.20. The Morgan fingerprint density at radius 1 is 0.909 bits per heavy atom. The Hall–Kier alpha value is -2.78. The average molecular weight is 509 g/mol. The molecule has 0 bridgehead atoms. The molecule has 174 valence electrons. The van der Waals surface area contributed by atoms with Crippen LogP contribution in [0.4, 0.5) is 5.69 Å².